The molecule has 0 fully saturated rings. The number of nitrogens with one attached hydrogen (secondary N) is 1. The van der Waals surface area contributed by atoms with Crippen molar-refractivity contribution >= 4 is 78.0 Å². The van der Waals surface area contributed by atoms with Crippen LogP contribution in [-0.4, -0.2) is 76.1 Å². The van der Waals surface area contributed by atoms with Gasteiger partial charge in [0, 0.05) is 73.2 Å². The summed E-state index contributed by atoms with van der Waals surface area (Å²) in [6.07, 6.45) is 4.73. The van der Waals surface area contributed by atoms with E-state index >= 15 is 0 Å². The molecule has 0 bridgehead atoms. The molecule has 63 heavy (non-hydrogen) atoms. The topological polar surface area (TPSA) is 188 Å². The van der Waals surface area contributed by atoms with Gasteiger partial charge in [-0.15, -0.1) is 0 Å². The Morgan fingerprint density at radius 2 is 1.21 bits per heavy atom. The maximum absolute atomic E-state index is 13.1. The van der Waals surface area contributed by atoms with Gasteiger partial charge in [-0.2, -0.15) is 4.39 Å². The fourth-order valence-corrected chi connectivity index (χ4v) is 7.14. The fraction of sp³-hybridized carbons (Fsp3) is 0.163. The van der Waals surface area contributed by atoms with Crippen molar-refractivity contribution in [1.29, 1.82) is 0 Å². The zero-order valence-corrected chi connectivity index (χ0v) is 38.8. The van der Waals surface area contributed by atoms with Gasteiger partial charge in [-0.05, 0) is 80.6 Å². The maximum atomic E-state index is 13.1. The van der Waals surface area contributed by atoms with Crippen LogP contribution in [0, 0.1) is 19.8 Å². The first-order valence-electron chi connectivity index (χ1n) is 17.9. The number of sulfonamides is 1. The van der Waals surface area contributed by atoms with E-state index in [-0.39, 0.29) is 32.8 Å². The Bertz CT molecular complexity index is 2880. The summed E-state index contributed by atoms with van der Waals surface area (Å²) < 4.78 is 76.5. The third-order valence-electron chi connectivity index (χ3n) is 8.55. The molecule has 0 aliphatic rings. The highest BCUT2D eigenvalue weighted by Gasteiger charge is 2.19. The Hall–Kier alpha value is -5.49. The normalized spacial score (nSPS) is 11.0. The number of halogens is 5. The second-order valence-electron chi connectivity index (χ2n) is 13.4. The molecule has 4 aromatic carbocycles. The molecule has 6 rings (SSSR count). The first-order valence-corrected chi connectivity index (χ1v) is 23.4. The number of ether oxygens (including phenoxy) is 3. The molecule has 13 nitrogen and oxygen atoms in total. The fourth-order valence-electron chi connectivity index (χ4n) is 5.34. The number of amides is 1. The van der Waals surface area contributed by atoms with Crippen LogP contribution in [0.1, 0.15) is 31.8 Å². The summed E-state index contributed by atoms with van der Waals surface area (Å²) in [5, 5.41) is 10.3. The summed E-state index contributed by atoms with van der Waals surface area (Å²) in [5.74, 6) is -0.993. The van der Waals surface area contributed by atoms with Crippen LogP contribution in [0.3, 0.4) is 0 Å². The lowest BCUT2D eigenvalue weighted by atomic mass is 10.0. The molecule has 1 amide bonds. The minimum absolute atomic E-state index is 0.126. The molecule has 0 radical (unpaired) electrons. The van der Waals surface area contributed by atoms with Crippen LogP contribution in [-0.2, 0) is 19.9 Å². The zero-order valence-electron chi connectivity index (χ0n) is 34.2. The summed E-state index contributed by atoms with van der Waals surface area (Å²) in [5.41, 5.74) is 4.12. The Labute approximate surface area is 383 Å². The number of aromatic nitrogens is 2. The van der Waals surface area contributed by atoms with Gasteiger partial charge in [0.1, 0.15) is 33.8 Å². The van der Waals surface area contributed by atoms with Gasteiger partial charge in [0.2, 0.25) is 21.9 Å². The Balaban J connectivity index is 0.000000237. The minimum Gasteiger partial charge on any atom is -0.508 e. The summed E-state index contributed by atoms with van der Waals surface area (Å²) in [6.45, 7) is 3.60. The van der Waals surface area contributed by atoms with E-state index in [4.69, 9.17) is 65.7 Å². The van der Waals surface area contributed by atoms with E-state index in [1.165, 1.54) is 50.7 Å². The van der Waals surface area contributed by atoms with Crippen molar-refractivity contribution in [3.05, 3.63) is 146 Å². The van der Waals surface area contributed by atoms with Crippen LogP contribution in [0.2, 0.25) is 20.1 Å². The Morgan fingerprint density at radius 1 is 0.683 bits per heavy atom. The molecule has 0 aliphatic carbocycles. The summed E-state index contributed by atoms with van der Waals surface area (Å²) in [4.78, 5) is 31.9. The summed E-state index contributed by atoms with van der Waals surface area (Å²) in [7, 11) is -4.27. The van der Waals surface area contributed by atoms with E-state index in [0.717, 1.165) is 23.6 Å². The number of phenols is 1. The molecular formula is C43H38Cl4FN3O10S2. The Kier molecular flexibility index (Phi) is 17.3. The minimum atomic E-state index is -3.69. The number of ketones is 1. The SMILES string of the molecule is COc1cc(C(=O)CS(C)(=O)=O)ccc1-c1cnc(F)c(Cl)c1.COc1cc(C(=O)NS(C)(=O)=O)ccc1-c1cnc(Oc2cccc(Cl)c2C)c(Cl)c1.Cc1c(O)cccc1Cl. The molecule has 20 heteroatoms. The largest absolute Gasteiger partial charge is 0.508 e. The van der Waals surface area contributed by atoms with Gasteiger partial charge < -0.3 is 19.3 Å². The lowest BCUT2D eigenvalue weighted by molar-refractivity contribution is 0.0979. The van der Waals surface area contributed by atoms with Gasteiger partial charge >= 0.3 is 0 Å². The number of phenolic OH excluding ortho intramolecular Hbond substituents is 1. The van der Waals surface area contributed by atoms with Crippen molar-refractivity contribution < 1.29 is 50.1 Å². The van der Waals surface area contributed by atoms with Crippen LogP contribution >= 0.6 is 46.4 Å². The van der Waals surface area contributed by atoms with Crippen molar-refractivity contribution in [2.24, 2.45) is 0 Å². The number of rotatable bonds is 11. The average Bonchev–Trinajstić information content (AvgIpc) is 3.22. The first-order chi connectivity index (χ1) is 29.5. The number of Topliss-reactive ketones (excluding diaryl/α,β-unsaturated/α-hetero) is 1. The van der Waals surface area contributed by atoms with Crippen molar-refractivity contribution in [3.63, 3.8) is 0 Å². The lowest BCUT2D eigenvalue weighted by Crippen LogP contribution is -2.29. The van der Waals surface area contributed by atoms with E-state index in [1.807, 2.05) is 11.6 Å². The number of carbonyl (C=O) groups is 2. The molecule has 0 saturated carbocycles. The van der Waals surface area contributed by atoms with Crippen LogP contribution < -0.4 is 18.9 Å². The molecule has 2 N–H and O–H groups in total. The molecule has 6 aromatic rings. The molecule has 0 aliphatic heterocycles. The van der Waals surface area contributed by atoms with Crippen LogP contribution in [0.4, 0.5) is 4.39 Å². The van der Waals surface area contributed by atoms with Gasteiger partial charge in [0.25, 0.3) is 5.91 Å². The summed E-state index contributed by atoms with van der Waals surface area (Å²) >= 11 is 23.9. The number of sulfone groups is 1. The number of hydrogen-bond acceptors (Lipinski definition) is 12. The number of benzene rings is 4. The van der Waals surface area contributed by atoms with E-state index in [0.29, 0.717) is 49.5 Å². The highest BCUT2D eigenvalue weighted by molar-refractivity contribution is 7.91. The van der Waals surface area contributed by atoms with E-state index in [2.05, 4.69) is 9.97 Å². The maximum Gasteiger partial charge on any atom is 0.264 e. The average molecular weight is 982 g/mol. The highest BCUT2D eigenvalue weighted by atomic mass is 35.5. The second kappa shape index (κ2) is 21.7. The van der Waals surface area contributed by atoms with E-state index < -0.39 is 43.3 Å². The van der Waals surface area contributed by atoms with Crippen LogP contribution in [0.5, 0.6) is 28.9 Å². The highest BCUT2D eigenvalue weighted by Crippen LogP contribution is 2.37. The number of carbonyl (C=O) groups excluding carboxylic acids is 2. The smallest absolute Gasteiger partial charge is 0.264 e. The first kappa shape index (κ1) is 50.2. The predicted octanol–water partition coefficient (Wildman–Crippen LogP) is 9.99. The van der Waals surface area contributed by atoms with Gasteiger partial charge in [-0.1, -0.05) is 64.6 Å². The molecule has 0 saturated heterocycles. The quantitative estimate of drug-likeness (QED) is 0.0925. The second-order valence-corrected chi connectivity index (χ2v) is 18.9. The number of pyridine rings is 2. The van der Waals surface area contributed by atoms with Crippen molar-refractivity contribution in [1.82, 2.24) is 14.7 Å². The van der Waals surface area contributed by atoms with E-state index in [9.17, 15) is 30.8 Å². The van der Waals surface area contributed by atoms with Crippen molar-refractivity contribution in [2.75, 3.05) is 32.5 Å². The predicted molar refractivity (Wildman–Crippen MR) is 243 cm³/mol. The molecular weight excluding hydrogens is 943 g/mol. The molecule has 2 aromatic heterocycles. The molecule has 2 heterocycles. The van der Waals surface area contributed by atoms with Gasteiger partial charge in [0.15, 0.2) is 15.6 Å². The molecule has 0 unspecified atom stereocenters. The zero-order chi connectivity index (χ0) is 46.8. The molecule has 0 spiro atoms. The van der Waals surface area contributed by atoms with Crippen LogP contribution in [0.15, 0.2) is 97.3 Å². The number of nitrogens with zero attached hydrogens (tertiary/aromatic N) is 2. The summed E-state index contributed by atoms with van der Waals surface area (Å²) in [6, 6.07) is 22.4. The lowest BCUT2D eigenvalue weighted by Gasteiger charge is -2.13. The monoisotopic (exact) mass is 979 g/mol. The number of methoxy groups -OCH3 is 2. The van der Waals surface area contributed by atoms with Gasteiger partial charge in [-0.25, -0.2) is 31.5 Å². The number of aromatic hydroxyl groups is 1. The standard InChI is InChI=1S/C21H18Cl2N2O5S.C15H13ClFNO4S.C7H7ClO/c1-12-16(22)5-4-6-18(12)30-21-17(23)9-14(11-24-21)15-8-7-13(10-19(15)29-2)20(26)25-31(3,27)28;1-22-14-6-9(13(19)8-23(2,20)21)3-4-11(14)10-5-12(16)15(17)18-7-10;1-5-6(8)3-2-4-7(5)9/h4-11H,1-3H3,(H,25,26);3-7H,8H2,1-2H3;2-4,9H,1H3. The van der Waals surface area contributed by atoms with Gasteiger partial charge in [0.05, 0.1) is 25.5 Å². The molecule has 0 atom stereocenters. The van der Waals surface area contributed by atoms with E-state index in [1.54, 1.807) is 67.7 Å². The van der Waals surface area contributed by atoms with Gasteiger partial charge in [-0.3, -0.25) is 9.59 Å². The number of hydrogen-bond donors (Lipinski definition) is 2. The third-order valence-corrected chi connectivity index (χ3v) is 11.2. The van der Waals surface area contributed by atoms with Crippen molar-refractivity contribution in [3.8, 4) is 51.1 Å². The van der Waals surface area contributed by atoms with Crippen LogP contribution in [0.25, 0.3) is 22.3 Å². The molecule has 332 valence electrons. The third kappa shape index (κ3) is 14.3. The Morgan fingerprint density at radius 3 is 1.71 bits per heavy atom. The van der Waals surface area contributed by atoms with Crippen molar-refractivity contribution in [2.45, 2.75) is 13.8 Å².